The lowest BCUT2D eigenvalue weighted by Crippen LogP contribution is -1.98. The van der Waals surface area contributed by atoms with Crippen molar-refractivity contribution >= 4 is 21.9 Å². The van der Waals surface area contributed by atoms with E-state index < -0.39 is 5.97 Å². The van der Waals surface area contributed by atoms with Crippen molar-refractivity contribution in [3.8, 4) is 11.4 Å². The first-order valence-corrected chi connectivity index (χ1v) is 4.88. The summed E-state index contributed by atoms with van der Waals surface area (Å²) < 4.78 is 0.890. The molecule has 2 N–H and O–H groups in total. The molecule has 1 aromatic heterocycles. The van der Waals surface area contributed by atoms with Crippen molar-refractivity contribution in [2.24, 2.45) is 0 Å². The second kappa shape index (κ2) is 3.82. The topological polar surface area (TPSA) is 78.9 Å². The largest absolute Gasteiger partial charge is 0.475 e. The Kier molecular flexibility index (Phi) is 2.51. The summed E-state index contributed by atoms with van der Waals surface area (Å²) in [5.41, 5.74) is 0.758. The molecule has 0 atom stereocenters. The summed E-state index contributed by atoms with van der Waals surface area (Å²) in [4.78, 5) is 14.4. The predicted octanol–water partition coefficient (Wildman–Crippen LogP) is 1.93. The highest BCUT2D eigenvalue weighted by molar-refractivity contribution is 9.10. The number of nitrogens with one attached hydrogen (secondary N) is 1. The zero-order valence-electron chi connectivity index (χ0n) is 7.44. The molecular formula is C9H6BrN3O2. The summed E-state index contributed by atoms with van der Waals surface area (Å²) >= 11 is 3.31. The predicted molar refractivity (Wildman–Crippen MR) is 56.5 cm³/mol. The molecular weight excluding hydrogens is 262 g/mol. The van der Waals surface area contributed by atoms with Crippen molar-refractivity contribution in [3.63, 3.8) is 0 Å². The number of aromatic carboxylic acids is 1. The first kappa shape index (κ1) is 9.85. The first-order chi connectivity index (χ1) is 7.16. The van der Waals surface area contributed by atoms with E-state index in [1.807, 2.05) is 18.2 Å². The first-order valence-electron chi connectivity index (χ1n) is 4.08. The van der Waals surface area contributed by atoms with Crippen LogP contribution in [-0.2, 0) is 0 Å². The third-order valence-corrected chi connectivity index (χ3v) is 2.26. The molecule has 0 unspecified atom stereocenters. The van der Waals surface area contributed by atoms with Crippen LogP contribution in [0.5, 0.6) is 0 Å². The SMILES string of the molecule is O=C(O)c1nc(-c2cccc(Br)c2)n[nH]1. The molecule has 0 radical (unpaired) electrons. The van der Waals surface area contributed by atoms with Gasteiger partial charge in [-0.05, 0) is 12.1 Å². The number of carboxylic acid groups (broad SMARTS) is 1. The lowest BCUT2D eigenvalue weighted by Gasteiger charge is -1.94. The van der Waals surface area contributed by atoms with E-state index in [1.54, 1.807) is 6.07 Å². The maximum atomic E-state index is 10.6. The second-order valence-electron chi connectivity index (χ2n) is 2.82. The summed E-state index contributed by atoms with van der Waals surface area (Å²) in [7, 11) is 0. The van der Waals surface area contributed by atoms with Crippen LogP contribution in [0.4, 0.5) is 0 Å². The van der Waals surface area contributed by atoms with E-state index in [2.05, 4.69) is 31.1 Å². The molecule has 2 rings (SSSR count). The van der Waals surface area contributed by atoms with Crippen LogP contribution in [0.1, 0.15) is 10.6 Å². The van der Waals surface area contributed by atoms with Crippen LogP contribution in [0.2, 0.25) is 0 Å². The van der Waals surface area contributed by atoms with Crippen molar-refractivity contribution in [2.45, 2.75) is 0 Å². The fourth-order valence-electron chi connectivity index (χ4n) is 1.11. The van der Waals surface area contributed by atoms with Crippen molar-refractivity contribution < 1.29 is 9.90 Å². The Morgan fingerprint density at radius 3 is 2.87 bits per heavy atom. The summed E-state index contributed by atoms with van der Waals surface area (Å²) in [6.45, 7) is 0. The van der Waals surface area contributed by atoms with E-state index in [0.717, 1.165) is 10.0 Å². The minimum atomic E-state index is -1.12. The quantitative estimate of drug-likeness (QED) is 0.872. The van der Waals surface area contributed by atoms with Gasteiger partial charge < -0.3 is 5.11 Å². The van der Waals surface area contributed by atoms with Crippen LogP contribution in [0.15, 0.2) is 28.7 Å². The molecule has 76 valence electrons. The normalized spacial score (nSPS) is 10.2. The number of hydrogen-bond acceptors (Lipinski definition) is 3. The molecule has 0 aliphatic heterocycles. The van der Waals surface area contributed by atoms with E-state index in [-0.39, 0.29) is 5.82 Å². The molecule has 0 saturated heterocycles. The van der Waals surface area contributed by atoms with E-state index in [9.17, 15) is 4.79 Å². The minimum Gasteiger partial charge on any atom is -0.475 e. The van der Waals surface area contributed by atoms with Gasteiger partial charge in [0.15, 0.2) is 5.82 Å². The van der Waals surface area contributed by atoms with Gasteiger partial charge in [-0.3, -0.25) is 5.10 Å². The minimum absolute atomic E-state index is 0.162. The van der Waals surface area contributed by atoms with Gasteiger partial charge in [0.25, 0.3) is 0 Å². The van der Waals surface area contributed by atoms with E-state index in [0.29, 0.717) is 5.82 Å². The van der Waals surface area contributed by atoms with Gasteiger partial charge in [0.05, 0.1) is 0 Å². The number of hydrogen-bond donors (Lipinski definition) is 2. The summed E-state index contributed by atoms with van der Waals surface area (Å²) in [6, 6.07) is 7.32. The second-order valence-corrected chi connectivity index (χ2v) is 3.74. The van der Waals surface area contributed by atoms with Crippen LogP contribution in [0.25, 0.3) is 11.4 Å². The van der Waals surface area contributed by atoms with E-state index in [1.165, 1.54) is 0 Å². The Balaban J connectivity index is 2.41. The Bertz CT molecular complexity index is 510. The standard InChI is InChI=1S/C9H6BrN3O2/c10-6-3-1-2-5(4-6)7-11-8(9(14)15)13-12-7/h1-4H,(H,14,15)(H,11,12,13). The Labute approximate surface area is 93.3 Å². The molecule has 0 aliphatic rings. The number of aromatic amines is 1. The maximum absolute atomic E-state index is 10.6. The molecule has 2 aromatic rings. The average molecular weight is 268 g/mol. The van der Waals surface area contributed by atoms with Crippen LogP contribution in [0.3, 0.4) is 0 Å². The van der Waals surface area contributed by atoms with Crippen molar-refractivity contribution in [1.29, 1.82) is 0 Å². The molecule has 0 bridgehead atoms. The molecule has 1 aromatic carbocycles. The molecule has 5 nitrogen and oxygen atoms in total. The van der Waals surface area contributed by atoms with Crippen LogP contribution in [-0.4, -0.2) is 26.3 Å². The fourth-order valence-corrected chi connectivity index (χ4v) is 1.51. The number of nitrogens with zero attached hydrogens (tertiary/aromatic N) is 2. The van der Waals surface area contributed by atoms with E-state index >= 15 is 0 Å². The third kappa shape index (κ3) is 2.04. The van der Waals surface area contributed by atoms with Gasteiger partial charge in [-0.1, -0.05) is 28.1 Å². The van der Waals surface area contributed by atoms with Crippen LogP contribution >= 0.6 is 15.9 Å². The lowest BCUT2D eigenvalue weighted by molar-refractivity contribution is 0.0684. The highest BCUT2D eigenvalue weighted by Gasteiger charge is 2.10. The van der Waals surface area contributed by atoms with Gasteiger partial charge in [-0.25, -0.2) is 9.78 Å². The fraction of sp³-hybridized carbons (Fsp3) is 0. The average Bonchev–Trinajstić information content (AvgIpc) is 2.66. The zero-order chi connectivity index (χ0) is 10.8. The third-order valence-electron chi connectivity index (χ3n) is 1.77. The maximum Gasteiger partial charge on any atom is 0.373 e. The monoisotopic (exact) mass is 267 g/mol. The number of H-pyrrole nitrogens is 1. The van der Waals surface area contributed by atoms with E-state index in [4.69, 9.17) is 5.11 Å². The van der Waals surface area contributed by atoms with Gasteiger partial charge in [0.1, 0.15) is 0 Å². The van der Waals surface area contributed by atoms with Crippen LogP contribution < -0.4 is 0 Å². The Hall–Kier alpha value is -1.69. The van der Waals surface area contributed by atoms with Gasteiger partial charge in [-0.15, -0.1) is 0 Å². The smallest absolute Gasteiger partial charge is 0.373 e. The summed E-state index contributed by atoms with van der Waals surface area (Å²) in [5.74, 6) is -0.914. The number of benzene rings is 1. The summed E-state index contributed by atoms with van der Waals surface area (Å²) in [6.07, 6.45) is 0. The van der Waals surface area contributed by atoms with Crippen LogP contribution in [0, 0.1) is 0 Å². The molecule has 0 fully saturated rings. The molecule has 15 heavy (non-hydrogen) atoms. The number of halogens is 1. The Morgan fingerprint density at radius 2 is 2.27 bits per heavy atom. The molecule has 0 amide bonds. The molecule has 6 heteroatoms. The van der Waals surface area contributed by atoms with Gasteiger partial charge in [-0.2, -0.15) is 5.10 Å². The van der Waals surface area contributed by atoms with Crippen molar-refractivity contribution in [2.75, 3.05) is 0 Å². The van der Waals surface area contributed by atoms with Crippen molar-refractivity contribution in [3.05, 3.63) is 34.6 Å². The molecule has 0 saturated carbocycles. The molecule has 0 spiro atoms. The van der Waals surface area contributed by atoms with Gasteiger partial charge in [0, 0.05) is 10.0 Å². The molecule has 0 aliphatic carbocycles. The molecule has 1 heterocycles. The number of carboxylic acids is 1. The summed E-state index contributed by atoms with van der Waals surface area (Å²) in [5, 5.41) is 14.8. The Morgan fingerprint density at radius 1 is 1.47 bits per heavy atom. The highest BCUT2D eigenvalue weighted by Crippen LogP contribution is 2.19. The number of carbonyl (C=O) groups is 1. The number of aromatic nitrogens is 3. The van der Waals surface area contributed by atoms with Gasteiger partial charge >= 0.3 is 5.97 Å². The zero-order valence-corrected chi connectivity index (χ0v) is 9.02. The van der Waals surface area contributed by atoms with Crippen molar-refractivity contribution in [1.82, 2.24) is 15.2 Å². The number of rotatable bonds is 2. The van der Waals surface area contributed by atoms with Gasteiger partial charge in [0.2, 0.25) is 5.82 Å². The highest BCUT2D eigenvalue weighted by atomic mass is 79.9. The lowest BCUT2D eigenvalue weighted by atomic mass is 10.2.